The number of rotatable bonds is 6. The topological polar surface area (TPSA) is 47.3 Å². The van der Waals surface area contributed by atoms with Crippen LogP contribution in [0.15, 0.2) is 35.7 Å². The average Bonchev–Trinajstić information content (AvgIpc) is 2.90. The van der Waals surface area contributed by atoms with E-state index in [0.717, 1.165) is 30.9 Å². The molecule has 0 unspecified atom stereocenters. The third kappa shape index (κ3) is 3.24. The minimum Gasteiger partial charge on any atom is -0.399 e. The molecule has 0 aliphatic rings. The summed E-state index contributed by atoms with van der Waals surface area (Å²) in [6.07, 6.45) is 0.991. The number of ether oxygens (including phenoxy) is 1. The van der Waals surface area contributed by atoms with Crippen molar-refractivity contribution in [3.8, 4) is 10.4 Å². The minimum absolute atomic E-state index is 0.774. The highest BCUT2D eigenvalue weighted by atomic mass is 32.1. The van der Waals surface area contributed by atoms with E-state index in [2.05, 4.69) is 22.8 Å². The van der Waals surface area contributed by atoms with E-state index in [1.165, 1.54) is 10.4 Å². The van der Waals surface area contributed by atoms with Crippen LogP contribution in [0.5, 0.6) is 0 Å². The van der Waals surface area contributed by atoms with E-state index in [0.29, 0.717) is 0 Å². The maximum atomic E-state index is 5.87. The highest BCUT2D eigenvalue weighted by Crippen LogP contribution is 2.33. The Bertz CT molecular complexity index is 483. The lowest BCUT2D eigenvalue weighted by molar-refractivity contribution is 0.198. The molecule has 0 spiro atoms. The fourth-order valence-electron chi connectivity index (χ4n) is 1.79. The van der Waals surface area contributed by atoms with Crippen molar-refractivity contribution in [3.05, 3.63) is 35.7 Å². The van der Waals surface area contributed by atoms with Crippen LogP contribution in [0, 0.1) is 0 Å². The largest absolute Gasteiger partial charge is 0.399 e. The van der Waals surface area contributed by atoms with Crippen molar-refractivity contribution in [2.45, 2.75) is 6.42 Å². The number of hydrogen-bond donors (Lipinski definition) is 2. The summed E-state index contributed by atoms with van der Waals surface area (Å²) in [6.45, 7) is 1.67. The van der Waals surface area contributed by atoms with Gasteiger partial charge >= 0.3 is 0 Å². The zero-order valence-electron chi connectivity index (χ0n) is 10.5. The van der Waals surface area contributed by atoms with Gasteiger partial charge < -0.3 is 15.8 Å². The van der Waals surface area contributed by atoms with Crippen LogP contribution in [0.3, 0.4) is 0 Å². The molecule has 0 bridgehead atoms. The van der Waals surface area contributed by atoms with Gasteiger partial charge in [-0.3, -0.25) is 0 Å². The SMILES string of the molecule is COCCCNc1ccc(N)cc1-c1cccs1. The molecule has 0 amide bonds. The summed E-state index contributed by atoms with van der Waals surface area (Å²) in [7, 11) is 1.72. The second-order valence-electron chi connectivity index (χ2n) is 4.06. The molecule has 0 saturated heterocycles. The van der Waals surface area contributed by atoms with Gasteiger partial charge in [0.15, 0.2) is 0 Å². The summed E-state index contributed by atoms with van der Waals surface area (Å²) < 4.78 is 5.04. The number of hydrogen-bond acceptors (Lipinski definition) is 4. The van der Waals surface area contributed by atoms with E-state index in [-0.39, 0.29) is 0 Å². The van der Waals surface area contributed by atoms with E-state index >= 15 is 0 Å². The van der Waals surface area contributed by atoms with E-state index < -0.39 is 0 Å². The lowest BCUT2D eigenvalue weighted by Gasteiger charge is -2.11. The molecule has 2 rings (SSSR count). The van der Waals surface area contributed by atoms with Crippen LogP contribution in [0.1, 0.15) is 6.42 Å². The van der Waals surface area contributed by atoms with Crippen molar-refractivity contribution in [1.29, 1.82) is 0 Å². The summed E-state index contributed by atoms with van der Waals surface area (Å²) >= 11 is 1.72. The van der Waals surface area contributed by atoms with Crippen LogP contribution in [0.25, 0.3) is 10.4 Å². The first-order chi connectivity index (χ1) is 8.81. The first-order valence-electron chi connectivity index (χ1n) is 5.97. The van der Waals surface area contributed by atoms with Crippen LogP contribution in [0.2, 0.25) is 0 Å². The summed E-state index contributed by atoms with van der Waals surface area (Å²) in [4.78, 5) is 1.23. The third-order valence-corrected chi connectivity index (χ3v) is 3.57. The molecule has 1 aromatic carbocycles. The van der Waals surface area contributed by atoms with Gasteiger partial charge in [0.1, 0.15) is 0 Å². The van der Waals surface area contributed by atoms with Crippen molar-refractivity contribution < 1.29 is 4.74 Å². The Kier molecular flexibility index (Phi) is 4.61. The van der Waals surface area contributed by atoms with Gasteiger partial charge in [-0.2, -0.15) is 0 Å². The van der Waals surface area contributed by atoms with Crippen molar-refractivity contribution in [1.82, 2.24) is 0 Å². The Morgan fingerprint density at radius 1 is 1.33 bits per heavy atom. The predicted octanol–water partition coefficient (Wildman–Crippen LogP) is 3.45. The monoisotopic (exact) mass is 262 g/mol. The number of benzene rings is 1. The van der Waals surface area contributed by atoms with Gasteiger partial charge in [-0.05, 0) is 36.1 Å². The third-order valence-electron chi connectivity index (χ3n) is 2.67. The Hall–Kier alpha value is -1.52. The van der Waals surface area contributed by atoms with Gasteiger partial charge in [-0.25, -0.2) is 0 Å². The van der Waals surface area contributed by atoms with Gasteiger partial charge in [0.2, 0.25) is 0 Å². The van der Waals surface area contributed by atoms with Gasteiger partial charge in [-0.15, -0.1) is 11.3 Å². The standard InChI is InChI=1S/C14H18N2OS/c1-17-8-3-7-16-13-6-5-11(15)10-12(13)14-4-2-9-18-14/h2,4-6,9-10,16H,3,7-8,15H2,1H3. The van der Waals surface area contributed by atoms with Gasteiger partial charge in [0.05, 0.1) is 0 Å². The van der Waals surface area contributed by atoms with Crippen LogP contribution >= 0.6 is 11.3 Å². The summed E-state index contributed by atoms with van der Waals surface area (Å²) in [6, 6.07) is 10.1. The molecule has 0 fully saturated rings. The van der Waals surface area contributed by atoms with Crippen molar-refractivity contribution in [2.75, 3.05) is 31.3 Å². The minimum atomic E-state index is 0.774. The molecule has 0 aliphatic carbocycles. The summed E-state index contributed by atoms with van der Waals surface area (Å²) in [5, 5.41) is 5.51. The molecule has 96 valence electrons. The molecular weight excluding hydrogens is 244 g/mol. The molecular formula is C14H18N2OS. The average molecular weight is 262 g/mol. The molecule has 2 aromatic rings. The highest BCUT2D eigenvalue weighted by Gasteiger charge is 2.06. The molecule has 0 saturated carbocycles. The number of anilines is 2. The highest BCUT2D eigenvalue weighted by molar-refractivity contribution is 7.13. The van der Waals surface area contributed by atoms with Crippen molar-refractivity contribution in [2.24, 2.45) is 0 Å². The van der Waals surface area contributed by atoms with Crippen LogP contribution in [0.4, 0.5) is 11.4 Å². The fraction of sp³-hybridized carbons (Fsp3) is 0.286. The second kappa shape index (κ2) is 6.42. The lowest BCUT2D eigenvalue weighted by Crippen LogP contribution is -2.05. The van der Waals surface area contributed by atoms with Gasteiger partial charge in [0, 0.05) is 42.1 Å². The Labute approximate surface area is 112 Å². The molecule has 3 nitrogen and oxygen atoms in total. The number of thiophene rings is 1. The number of nitrogen functional groups attached to an aromatic ring is 1. The molecule has 1 heterocycles. The Balaban J connectivity index is 2.14. The number of methoxy groups -OCH3 is 1. The molecule has 0 atom stereocenters. The molecule has 0 radical (unpaired) electrons. The smallest absolute Gasteiger partial charge is 0.0479 e. The summed E-state index contributed by atoms with van der Waals surface area (Å²) in [5.74, 6) is 0. The lowest BCUT2D eigenvalue weighted by atomic mass is 10.1. The predicted molar refractivity (Wildman–Crippen MR) is 79.2 cm³/mol. The first-order valence-corrected chi connectivity index (χ1v) is 6.85. The number of nitrogens with one attached hydrogen (secondary N) is 1. The summed E-state index contributed by atoms with van der Waals surface area (Å²) in [5.41, 5.74) is 8.96. The molecule has 0 aliphatic heterocycles. The van der Waals surface area contributed by atoms with Crippen LogP contribution in [-0.2, 0) is 4.74 Å². The van der Waals surface area contributed by atoms with Crippen LogP contribution in [-0.4, -0.2) is 20.3 Å². The zero-order valence-corrected chi connectivity index (χ0v) is 11.3. The molecule has 18 heavy (non-hydrogen) atoms. The first kappa shape index (κ1) is 12.9. The number of nitrogens with two attached hydrogens (primary N) is 1. The van der Waals surface area contributed by atoms with E-state index in [1.54, 1.807) is 18.4 Å². The molecule has 4 heteroatoms. The van der Waals surface area contributed by atoms with Crippen molar-refractivity contribution >= 4 is 22.7 Å². The second-order valence-corrected chi connectivity index (χ2v) is 5.00. The fourth-order valence-corrected chi connectivity index (χ4v) is 2.55. The van der Waals surface area contributed by atoms with Crippen LogP contribution < -0.4 is 11.1 Å². The Morgan fingerprint density at radius 3 is 2.94 bits per heavy atom. The normalized spacial score (nSPS) is 10.5. The maximum absolute atomic E-state index is 5.87. The van der Waals surface area contributed by atoms with E-state index in [1.807, 2.05) is 18.2 Å². The zero-order chi connectivity index (χ0) is 12.8. The quantitative estimate of drug-likeness (QED) is 0.619. The van der Waals surface area contributed by atoms with Crippen molar-refractivity contribution in [3.63, 3.8) is 0 Å². The maximum Gasteiger partial charge on any atom is 0.0479 e. The van der Waals surface area contributed by atoms with E-state index in [9.17, 15) is 0 Å². The molecule has 3 N–H and O–H groups in total. The van der Waals surface area contributed by atoms with Gasteiger partial charge in [0.25, 0.3) is 0 Å². The molecule has 1 aromatic heterocycles. The van der Waals surface area contributed by atoms with Gasteiger partial charge in [-0.1, -0.05) is 6.07 Å². The van der Waals surface area contributed by atoms with E-state index in [4.69, 9.17) is 10.5 Å². The Morgan fingerprint density at radius 2 is 2.22 bits per heavy atom.